The van der Waals surface area contributed by atoms with Gasteiger partial charge in [-0.2, -0.15) is 0 Å². The SMILES string of the molecule is CC[C@H](Cl)N(C)C.Cl. The minimum absolute atomic E-state index is 0. The molecule has 0 saturated carbocycles. The first-order valence-corrected chi connectivity index (χ1v) is 2.92. The van der Waals surface area contributed by atoms with E-state index in [0.717, 1.165) is 6.42 Å². The molecule has 0 bridgehead atoms. The molecule has 0 aliphatic rings. The van der Waals surface area contributed by atoms with Crippen molar-refractivity contribution in [1.82, 2.24) is 4.90 Å². The van der Waals surface area contributed by atoms with Crippen molar-refractivity contribution < 1.29 is 0 Å². The topological polar surface area (TPSA) is 3.24 Å². The fourth-order valence-electron chi connectivity index (χ4n) is 0.365. The van der Waals surface area contributed by atoms with Crippen LogP contribution in [-0.2, 0) is 0 Å². The van der Waals surface area contributed by atoms with E-state index in [0.29, 0.717) is 0 Å². The Hall–Kier alpha value is 0.540. The highest BCUT2D eigenvalue weighted by atomic mass is 35.5. The van der Waals surface area contributed by atoms with Crippen molar-refractivity contribution in [1.29, 1.82) is 0 Å². The molecule has 0 unspecified atom stereocenters. The van der Waals surface area contributed by atoms with E-state index in [2.05, 4.69) is 6.92 Å². The molecule has 0 amide bonds. The summed E-state index contributed by atoms with van der Waals surface area (Å²) in [6.07, 6.45) is 1.01. The number of hydrogen-bond acceptors (Lipinski definition) is 1. The average Bonchev–Trinajstić information content (AvgIpc) is 1.65. The van der Waals surface area contributed by atoms with Crippen LogP contribution in [0.25, 0.3) is 0 Å². The minimum atomic E-state index is 0. The molecule has 0 spiro atoms. The summed E-state index contributed by atoms with van der Waals surface area (Å²) in [4.78, 5) is 1.99. The Morgan fingerprint density at radius 3 is 1.88 bits per heavy atom. The zero-order valence-electron chi connectivity index (χ0n) is 5.52. The van der Waals surface area contributed by atoms with Crippen molar-refractivity contribution in [2.24, 2.45) is 0 Å². The van der Waals surface area contributed by atoms with Crippen LogP contribution in [0.1, 0.15) is 13.3 Å². The van der Waals surface area contributed by atoms with E-state index in [9.17, 15) is 0 Å². The van der Waals surface area contributed by atoms with E-state index in [1.807, 2.05) is 19.0 Å². The fraction of sp³-hybridized carbons (Fsp3) is 1.00. The van der Waals surface area contributed by atoms with Crippen LogP contribution in [-0.4, -0.2) is 24.5 Å². The zero-order chi connectivity index (χ0) is 5.86. The van der Waals surface area contributed by atoms with Gasteiger partial charge in [-0.05, 0) is 20.5 Å². The van der Waals surface area contributed by atoms with Gasteiger partial charge in [0.2, 0.25) is 0 Å². The van der Waals surface area contributed by atoms with E-state index in [4.69, 9.17) is 11.6 Å². The molecule has 1 nitrogen and oxygen atoms in total. The Kier molecular flexibility index (Phi) is 8.05. The summed E-state index contributed by atoms with van der Waals surface area (Å²) >= 11 is 5.73. The van der Waals surface area contributed by atoms with Crippen LogP contribution in [0.3, 0.4) is 0 Å². The summed E-state index contributed by atoms with van der Waals surface area (Å²) in [7, 11) is 3.95. The van der Waals surface area contributed by atoms with E-state index < -0.39 is 0 Å². The molecule has 0 saturated heterocycles. The average molecular weight is 158 g/mol. The van der Waals surface area contributed by atoms with Gasteiger partial charge < -0.3 is 0 Å². The predicted molar refractivity (Wildman–Crippen MR) is 40.9 cm³/mol. The lowest BCUT2D eigenvalue weighted by Crippen LogP contribution is -2.20. The summed E-state index contributed by atoms with van der Waals surface area (Å²) in [5.74, 6) is 0. The zero-order valence-corrected chi connectivity index (χ0v) is 7.09. The maximum absolute atomic E-state index is 5.73. The molecule has 0 aromatic rings. The van der Waals surface area contributed by atoms with Crippen LogP contribution >= 0.6 is 24.0 Å². The van der Waals surface area contributed by atoms with Gasteiger partial charge in [-0.15, -0.1) is 24.0 Å². The lowest BCUT2D eigenvalue weighted by Gasteiger charge is -2.13. The van der Waals surface area contributed by atoms with Gasteiger partial charge >= 0.3 is 0 Å². The summed E-state index contributed by atoms with van der Waals surface area (Å²) in [5.41, 5.74) is 0.208. The molecule has 0 N–H and O–H groups in total. The Balaban J connectivity index is 0. The van der Waals surface area contributed by atoms with Crippen LogP contribution in [0.4, 0.5) is 0 Å². The third-order valence-corrected chi connectivity index (χ3v) is 1.60. The molecule has 0 aliphatic heterocycles. The fourth-order valence-corrected chi connectivity index (χ4v) is 0.365. The first kappa shape index (κ1) is 11.4. The Bertz CT molecular complexity index is 47.7. The normalized spacial score (nSPS) is 13.1. The summed E-state index contributed by atoms with van der Waals surface area (Å²) in [5, 5.41) is 0. The third-order valence-electron chi connectivity index (χ3n) is 0.897. The molecule has 0 radical (unpaired) electrons. The van der Waals surface area contributed by atoms with Gasteiger partial charge in [-0.25, -0.2) is 0 Å². The molecule has 3 heteroatoms. The van der Waals surface area contributed by atoms with E-state index in [-0.39, 0.29) is 17.9 Å². The second-order valence-electron chi connectivity index (χ2n) is 1.81. The molecule has 0 aromatic heterocycles. The van der Waals surface area contributed by atoms with Gasteiger partial charge in [0.1, 0.15) is 0 Å². The number of hydrogen-bond donors (Lipinski definition) is 0. The first-order valence-electron chi connectivity index (χ1n) is 2.49. The van der Waals surface area contributed by atoms with Gasteiger partial charge in [0.15, 0.2) is 0 Å². The van der Waals surface area contributed by atoms with Crippen molar-refractivity contribution in [2.75, 3.05) is 14.1 Å². The molecule has 0 aliphatic carbocycles. The molecular formula is C5H13Cl2N. The first-order chi connectivity index (χ1) is 3.18. The quantitative estimate of drug-likeness (QED) is 0.438. The van der Waals surface area contributed by atoms with E-state index in [1.54, 1.807) is 0 Å². The van der Waals surface area contributed by atoms with Crippen molar-refractivity contribution in [2.45, 2.75) is 18.8 Å². The van der Waals surface area contributed by atoms with Gasteiger partial charge in [-0.1, -0.05) is 6.92 Å². The van der Waals surface area contributed by atoms with Gasteiger partial charge in [0, 0.05) is 0 Å². The van der Waals surface area contributed by atoms with Gasteiger partial charge in [0.25, 0.3) is 0 Å². The molecule has 0 aromatic carbocycles. The summed E-state index contributed by atoms with van der Waals surface area (Å²) in [6, 6.07) is 0. The summed E-state index contributed by atoms with van der Waals surface area (Å²) < 4.78 is 0. The lowest BCUT2D eigenvalue weighted by atomic mass is 10.4. The molecule has 1 atom stereocenters. The monoisotopic (exact) mass is 157 g/mol. The highest BCUT2D eigenvalue weighted by Gasteiger charge is 1.99. The molecular weight excluding hydrogens is 145 g/mol. The third kappa shape index (κ3) is 4.69. The van der Waals surface area contributed by atoms with Gasteiger partial charge in [0.05, 0.1) is 5.50 Å². The van der Waals surface area contributed by atoms with Gasteiger partial charge in [-0.3, -0.25) is 4.90 Å². The van der Waals surface area contributed by atoms with Crippen molar-refractivity contribution in [3.8, 4) is 0 Å². The molecule has 0 fully saturated rings. The highest BCUT2D eigenvalue weighted by Crippen LogP contribution is 2.01. The second kappa shape index (κ2) is 5.67. The maximum atomic E-state index is 5.73. The van der Waals surface area contributed by atoms with Crippen LogP contribution in [0, 0.1) is 0 Å². The standard InChI is InChI=1S/C5H12ClN.ClH/c1-4-5(6)7(2)3;/h5H,4H2,1-3H3;1H/t5-;/m1./s1. The maximum Gasteiger partial charge on any atom is 0.0842 e. The molecule has 0 heterocycles. The second-order valence-corrected chi connectivity index (χ2v) is 2.31. The lowest BCUT2D eigenvalue weighted by molar-refractivity contribution is 0.369. The smallest absolute Gasteiger partial charge is 0.0842 e. The van der Waals surface area contributed by atoms with E-state index in [1.165, 1.54) is 0 Å². The Morgan fingerprint density at radius 1 is 1.50 bits per heavy atom. The Labute approximate surface area is 62.4 Å². The van der Waals surface area contributed by atoms with Crippen LogP contribution in [0.5, 0.6) is 0 Å². The molecule has 0 rings (SSSR count). The van der Waals surface area contributed by atoms with Crippen LogP contribution < -0.4 is 0 Å². The summed E-state index contributed by atoms with van der Waals surface area (Å²) in [6.45, 7) is 2.07. The highest BCUT2D eigenvalue weighted by molar-refractivity contribution is 6.20. The number of rotatable bonds is 2. The van der Waals surface area contributed by atoms with Crippen molar-refractivity contribution in [3.63, 3.8) is 0 Å². The molecule has 52 valence electrons. The predicted octanol–water partition coefficient (Wildman–Crippen LogP) is 1.94. The largest absolute Gasteiger partial charge is 0.294 e. The van der Waals surface area contributed by atoms with Crippen LogP contribution in [0.15, 0.2) is 0 Å². The molecule has 8 heavy (non-hydrogen) atoms. The number of halogens is 2. The minimum Gasteiger partial charge on any atom is -0.294 e. The number of alkyl halides is 1. The van der Waals surface area contributed by atoms with Crippen molar-refractivity contribution >= 4 is 24.0 Å². The van der Waals surface area contributed by atoms with E-state index >= 15 is 0 Å². The Morgan fingerprint density at radius 2 is 1.88 bits per heavy atom. The van der Waals surface area contributed by atoms with Crippen LogP contribution in [0.2, 0.25) is 0 Å². The number of nitrogens with zero attached hydrogens (tertiary/aromatic N) is 1. The van der Waals surface area contributed by atoms with Crippen molar-refractivity contribution in [3.05, 3.63) is 0 Å².